The second-order valence-corrected chi connectivity index (χ2v) is 2.82. The number of tetrazole rings is 1. The van der Waals surface area contributed by atoms with E-state index in [4.69, 9.17) is 0 Å². The number of fused-ring (bicyclic) bond motifs is 1. The molecule has 0 atom stereocenters. The third-order valence-electron chi connectivity index (χ3n) is 1.67. The average molecular weight is 212 g/mol. The highest BCUT2D eigenvalue weighted by Crippen LogP contribution is 2.06. The summed E-state index contributed by atoms with van der Waals surface area (Å²) in [4.78, 5) is 0. The fraction of sp³-hybridized carbons (Fsp3) is 0.800. The molecule has 4 nitrogen and oxygen atoms in total. The van der Waals surface area contributed by atoms with Gasteiger partial charge in [0.25, 0.3) is 0 Å². The van der Waals surface area contributed by atoms with E-state index in [1.54, 1.807) is 0 Å². The minimum Gasteiger partial charge on any atom is -0.418 e. The van der Waals surface area contributed by atoms with Crippen LogP contribution in [0.15, 0.2) is 0 Å². The molecule has 1 N–H and O–H groups in total. The Labute approximate surface area is 77.4 Å². The summed E-state index contributed by atoms with van der Waals surface area (Å²) < 4.78 is 41.0. The third-order valence-corrected chi connectivity index (χ3v) is 1.67. The first-order valence-corrected chi connectivity index (χ1v) is 4.14. The highest BCUT2D eigenvalue weighted by Gasteiger charge is 2.20. The first kappa shape index (κ1) is 10.9. The molecule has 0 saturated carbocycles. The second-order valence-electron chi connectivity index (χ2n) is 2.82. The third kappa shape index (κ3) is 4.19. The molecule has 1 aromatic heterocycles. The van der Waals surface area contributed by atoms with E-state index in [9.17, 15) is 17.3 Å². The summed E-state index contributed by atoms with van der Waals surface area (Å²) in [6.07, 6.45) is 3.59. The lowest BCUT2D eigenvalue weighted by Crippen LogP contribution is -2.42. The highest BCUT2D eigenvalue weighted by atomic mass is 19.5. The molecule has 9 heteroatoms. The van der Waals surface area contributed by atoms with E-state index >= 15 is 0 Å². The number of nitrogens with one attached hydrogen (secondary N) is 1. The molecule has 80 valence electrons. The molecule has 0 fully saturated rings. The fourth-order valence-corrected chi connectivity index (χ4v) is 1.16. The smallest absolute Gasteiger partial charge is 0.418 e. The van der Waals surface area contributed by atoms with Crippen molar-refractivity contribution in [3.63, 3.8) is 0 Å². The van der Waals surface area contributed by atoms with Crippen LogP contribution in [-0.4, -0.2) is 22.8 Å². The summed E-state index contributed by atoms with van der Waals surface area (Å²) in [6, 6.07) is 0. The Morgan fingerprint density at radius 2 is 1.86 bits per heavy atom. The van der Waals surface area contributed by atoms with Crippen LogP contribution in [-0.2, 0) is 13.0 Å². The molecule has 2 heterocycles. The molecule has 1 aliphatic heterocycles. The van der Waals surface area contributed by atoms with Gasteiger partial charge in [0.1, 0.15) is 5.10 Å². The Hall–Kier alpha value is -1.15. The molecule has 14 heavy (non-hydrogen) atoms. The summed E-state index contributed by atoms with van der Waals surface area (Å²) >= 11 is 0. The van der Waals surface area contributed by atoms with Crippen molar-refractivity contribution in [2.45, 2.75) is 25.8 Å². The fourth-order valence-electron chi connectivity index (χ4n) is 1.16. The van der Waals surface area contributed by atoms with E-state index in [-0.39, 0.29) is 0 Å². The zero-order chi connectivity index (χ0) is 10.6. The van der Waals surface area contributed by atoms with Gasteiger partial charge in [-0.2, -0.15) is 4.68 Å². The second kappa shape index (κ2) is 4.38. The number of nitrogens with zero attached hydrogens (tertiary/aromatic N) is 3. The molecule has 0 radical (unpaired) electrons. The van der Waals surface area contributed by atoms with Crippen LogP contribution >= 0.6 is 0 Å². The maximum absolute atomic E-state index is 9.75. The summed E-state index contributed by atoms with van der Waals surface area (Å²) in [6.45, 7) is 1.06. The lowest BCUT2D eigenvalue weighted by molar-refractivity contribution is -0.765. The number of aryl methyl sites for hydroxylation is 2. The number of hydrogen-bond acceptors (Lipinski definition) is 2. The molecule has 0 unspecified atom stereocenters. The average Bonchev–Trinajstić information content (AvgIpc) is 2.47. The molecular weight excluding hydrogens is 203 g/mol. The number of H-pyrrole nitrogens is 1. The maximum atomic E-state index is 9.75. The van der Waals surface area contributed by atoms with Gasteiger partial charge in [0.05, 0.1) is 6.54 Å². The Morgan fingerprint density at radius 3 is 2.43 bits per heavy atom. The minimum absolute atomic E-state index is 1.06. The Morgan fingerprint density at radius 1 is 1.21 bits per heavy atom. The molecule has 0 spiro atoms. The first-order chi connectivity index (χ1) is 6.47. The number of aromatic amines is 1. The van der Waals surface area contributed by atoms with Gasteiger partial charge < -0.3 is 17.3 Å². The lowest BCUT2D eigenvalue weighted by Gasteiger charge is -2.02. The van der Waals surface area contributed by atoms with Gasteiger partial charge in [0.2, 0.25) is 0 Å². The molecule has 1 aliphatic rings. The molecule has 0 aliphatic carbocycles. The summed E-state index contributed by atoms with van der Waals surface area (Å²) in [5, 5.41) is 10.4. The zero-order valence-corrected chi connectivity index (χ0v) is 7.26. The van der Waals surface area contributed by atoms with Gasteiger partial charge in [0.15, 0.2) is 5.21 Å². The van der Waals surface area contributed by atoms with Crippen molar-refractivity contribution in [1.82, 2.24) is 15.5 Å². The molecule has 1 aromatic rings. The van der Waals surface area contributed by atoms with Gasteiger partial charge in [-0.05, 0) is 12.8 Å². The van der Waals surface area contributed by atoms with Crippen molar-refractivity contribution < 1.29 is 21.9 Å². The van der Waals surface area contributed by atoms with Crippen LogP contribution in [0.5, 0.6) is 0 Å². The van der Waals surface area contributed by atoms with Crippen LogP contribution in [0.3, 0.4) is 0 Å². The molecule has 0 amide bonds. The van der Waals surface area contributed by atoms with Gasteiger partial charge in [-0.25, -0.2) is 0 Å². The van der Waals surface area contributed by atoms with Gasteiger partial charge in [0, 0.05) is 6.42 Å². The Balaban J connectivity index is 0.000000171. The van der Waals surface area contributed by atoms with E-state index in [2.05, 4.69) is 15.5 Å². The predicted molar refractivity (Wildman–Crippen MR) is 39.7 cm³/mol. The SMILES string of the molecule is C1CC[n+]2[nH]nnc2C1.F[B-](F)(F)F. The van der Waals surface area contributed by atoms with E-state index in [1.807, 2.05) is 4.68 Å². The summed E-state index contributed by atoms with van der Waals surface area (Å²) in [7, 11) is -6.00. The number of rotatable bonds is 0. The van der Waals surface area contributed by atoms with Crippen molar-refractivity contribution in [2.24, 2.45) is 0 Å². The molecule has 0 bridgehead atoms. The predicted octanol–water partition coefficient (Wildman–Crippen LogP) is 0.728. The van der Waals surface area contributed by atoms with E-state index in [0.717, 1.165) is 18.8 Å². The van der Waals surface area contributed by atoms with Crippen LogP contribution in [0.1, 0.15) is 18.7 Å². The number of aromatic nitrogens is 4. The van der Waals surface area contributed by atoms with Gasteiger partial charge >= 0.3 is 13.1 Å². The van der Waals surface area contributed by atoms with Crippen LogP contribution in [0.4, 0.5) is 17.3 Å². The van der Waals surface area contributed by atoms with Crippen molar-refractivity contribution in [1.29, 1.82) is 0 Å². The number of halogens is 4. The zero-order valence-electron chi connectivity index (χ0n) is 7.26. The monoisotopic (exact) mass is 212 g/mol. The van der Waals surface area contributed by atoms with E-state index < -0.39 is 7.25 Å². The van der Waals surface area contributed by atoms with Crippen molar-refractivity contribution in [2.75, 3.05) is 0 Å². The van der Waals surface area contributed by atoms with E-state index in [1.165, 1.54) is 12.8 Å². The standard InChI is InChI=1S/C5H8N4.BF4/c1-2-4-9-5(3-1)6-7-8-9;2-1(3,4)5/h1-4H2;/q;-1/p+1. The van der Waals surface area contributed by atoms with Gasteiger partial charge in [-0.3, -0.25) is 0 Å². The Bertz CT molecular complexity index is 259. The van der Waals surface area contributed by atoms with Crippen LogP contribution in [0.25, 0.3) is 0 Å². The van der Waals surface area contributed by atoms with Crippen LogP contribution in [0.2, 0.25) is 0 Å². The molecular formula is C5H9BF4N4. The first-order valence-electron chi connectivity index (χ1n) is 4.14. The van der Waals surface area contributed by atoms with Crippen LogP contribution < -0.4 is 4.68 Å². The molecule has 0 saturated heterocycles. The topological polar surface area (TPSA) is 45.5 Å². The highest BCUT2D eigenvalue weighted by molar-refractivity contribution is 6.50. The van der Waals surface area contributed by atoms with Crippen LogP contribution in [0, 0.1) is 0 Å². The normalized spacial score (nSPS) is 15.4. The van der Waals surface area contributed by atoms with E-state index in [0.29, 0.717) is 0 Å². The lowest BCUT2D eigenvalue weighted by atomic mass is 10.2. The maximum Gasteiger partial charge on any atom is 0.673 e. The Kier molecular flexibility index (Phi) is 3.42. The molecule has 2 rings (SSSR count). The molecule has 0 aromatic carbocycles. The number of hydrogen-bond donors (Lipinski definition) is 1. The largest absolute Gasteiger partial charge is 0.673 e. The van der Waals surface area contributed by atoms with Crippen molar-refractivity contribution in [3.05, 3.63) is 5.82 Å². The summed E-state index contributed by atoms with van der Waals surface area (Å²) in [5.74, 6) is 1.10. The van der Waals surface area contributed by atoms with Crippen molar-refractivity contribution >= 4 is 7.25 Å². The summed E-state index contributed by atoms with van der Waals surface area (Å²) in [5.41, 5.74) is 0. The van der Waals surface area contributed by atoms with Crippen molar-refractivity contribution in [3.8, 4) is 0 Å². The quantitative estimate of drug-likeness (QED) is 0.391. The minimum atomic E-state index is -6.00. The van der Waals surface area contributed by atoms with Gasteiger partial charge in [-0.15, -0.1) is 0 Å². The van der Waals surface area contributed by atoms with Gasteiger partial charge in [-0.1, -0.05) is 5.21 Å².